The quantitative estimate of drug-likeness (QED) is 0.835. The van der Waals surface area contributed by atoms with Crippen molar-refractivity contribution in [3.63, 3.8) is 0 Å². The van der Waals surface area contributed by atoms with Crippen molar-refractivity contribution in [3.8, 4) is 0 Å². The molecule has 0 unspecified atom stereocenters. The van der Waals surface area contributed by atoms with E-state index >= 15 is 0 Å². The van der Waals surface area contributed by atoms with E-state index in [-0.39, 0.29) is 5.69 Å². The molecule has 1 aliphatic heterocycles. The van der Waals surface area contributed by atoms with Gasteiger partial charge in [-0.3, -0.25) is 4.90 Å². The summed E-state index contributed by atoms with van der Waals surface area (Å²) in [7, 11) is 1.10. The Morgan fingerprint density at radius 2 is 1.73 bits per heavy atom. The molecule has 2 fully saturated rings. The number of piperazine rings is 1. The lowest BCUT2D eigenvalue weighted by Gasteiger charge is -2.38. The molecule has 0 radical (unpaired) electrons. The van der Waals surface area contributed by atoms with Crippen LogP contribution in [0.15, 0.2) is 12.1 Å². The number of benzene rings is 1. The highest BCUT2D eigenvalue weighted by atomic mass is 19.1. The summed E-state index contributed by atoms with van der Waals surface area (Å²) in [6.45, 7) is 2.68. The smallest absolute Gasteiger partial charge is 0.340 e. The van der Waals surface area contributed by atoms with E-state index in [9.17, 15) is 18.4 Å². The molecule has 1 aliphatic carbocycles. The average molecular weight is 367 g/mol. The van der Waals surface area contributed by atoms with E-state index in [1.54, 1.807) is 4.90 Å². The molecule has 0 aromatic heterocycles. The number of carbonyl (C=O) groups is 2. The lowest BCUT2D eigenvalue weighted by molar-refractivity contribution is 0.0595. The predicted octanol–water partition coefficient (Wildman–Crippen LogP) is 2.84. The molecule has 6 nitrogen and oxygen atoms in total. The highest BCUT2D eigenvalue weighted by molar-refractivity contribution is 5.94. The molecule has 2 amide bonds. The van der Waals surface area contributed by atoms with Crippen LogP contribution < -0.4 is 5.32 Å². The van der Waals surface area contributed by atoms with Crippen molar-refractivity contribution in [3.05, 3.63) is 29.3 Å². The van der Waals surface area contributed by atoms with Gasteiger partial charge in [0.25, 0.3) is 0 Å². The van der Waals surface area contributed by atoms with Gasteiger partial charge in [-0.15, -0.1) is 0 Å². The summed E-state index contributed by atoms with van der Waals surface area (Å²) in [5.74, 6) is -2.89. The van der Waals surface area contributed by atoms with Crippen molar-refractivity contribution < 1.29 is 23.1 Å². The minimum atomic E-state index is -1.03. The van der Waals surface area contributed by atoms with Crippen molar-refractivity contribution >= 4 is 17.7 Å². The number of nitrogens with zero attached hydrogens (tertiary/aromatic N) is 2. The zero-order chi connectivity index (χ0) is 18.7. The van der Waals surface area contributed by atoms with Crippen molar-refractivity contribution in [2.45, 2.75) is 31.7 Å². The first kappa shape index (κ1) is 18.6. The first-order valence-corrected chi connectivity index (χ1v) is 8.87. The molecule has 2 aliphatic rings. The lowest BCUT2D eigenvalue weighted by Crippen LogP contribution is -2.52. The second-order valence-electron chi connectivity index (χ2n) is 6.69. The van der Waals surface area contributed by atoms with Crippen LogP contribution in [0.4, 0.5) is 19.3 Å². The Morgan fingerprint density at radius 3 is 2.35 bits per heavy atom. The second-order valence-corrected chi connectivity index (χ2v) is 6.69. The number of nitrogens with one attached hydrogen (secondary N) is 1. The summed E-state index contributed by atoms with van der Waals surface area (Å²) >= 11 is 0. The second kappa shape index (κ2) is 7.99. The molecule has 1 aromatic carbocycles. The number of methoxy groups -OCH3 is 1. The Balaban J connectivity index is 1.62. The van der Waals surface area contributed by atoms with Crippen LogP contribution in [0.5, 0.6) is 0 Å². The fourth-order valence-electron chi connectivity index (χ4n) is 3.66. The summed E-state index contributed by atoms with van der Waals surface area (Å²) in [5, 5.41) is 2.43. The minimum absolute atomic E-state index is 0.241. The average Bonchev–Trinajstić information content (AvgIpc) is 3.18. The molecule has 0 atom stereocenters. The maximum Gasteiger partial charge on any atom is 0.340 e. The van der Waals surface area contributed by atoms with Gasteiger partial charge in [-0.1, -0.05) is 12.8 Å². The molecule has 1 N–H and O–H groups in total. The topological polar surface area (TPSA) is 61.9 Å². The highest BCUT2D eigenvalue weighted by Gasteiger charge is 2.28. The number of esters is 1. The van der Waals surface area contributed by atoms with Gasteiger partial charge in [-0.05, 0) is 18.9 Å². The molecule has 0 spiro atoms. The number of amides is 2. The monoisotopic (exact) mass is 367 g/mol. The third kappa shape index (κ3) is 3.95. The van der Waals surface area contributed by atoms with E-state index < -0.39 is 29.2 Å². The van der Waals surface area contributed by atoms with E-state index in [0.717, 1.165) is 26.3 Å². The van der Waals surface area contributed by atoms with Crippen LogP contribution in [0.1, 0.15) is 36.0 Å². The SMILES string of the molecule is COC(=O)c1cc(NC(=O)N2CCN(C3CCCC3)CC2)c(F)cc1F. The van der Waals surface area contributed by atoms with Gasteiger partial charge in [-0.25, -0.2) is 18.4 Å². The van der Waals surface area contributed by atoms with Crippen molar-refractivity contribution in [1.82, 2.24) is 9.80 Å². The molecule has 8 heteroatoms. The van der Waals surface area contributed by atoms with Crippen LogP contribution in [-0.4, -0.2) is 61.1 Å². The Bertz CT molecular complexity index is 685. The molecular weight excluding hydrogens is 344 g/mol. The number of urea groups is 1. The number of hydrogen-bond acceptors (Lipinski definition) is 4. The summed E-state index contributed by atoms with van der Waals surface area (Å²) < 4.78 is 32.1. The van der Waals surface area contributed by atoms with E-state index in [1.165, 1.54) is 25.7 Å². The number of carbonyl (C=O) groups excluding carboxylic acids is 2. The van der Waals surface area contributed by atoms with Crippen LogP contribution >= 0.6 is 0 Å². The van der Waals surface area contributed by atoms with Crippen LogP contribution in [0.2, 0.25) is 0 Å². The predicted molar refractivity (Wildman–Crippen MR) is 92.1 cm³/mol. The zero-order valence-electron chi connectivity index (χ0n) is 14.8. The highest BCUT2D eigenvalue weighted by Crippen LogP contribution is 2.25. The minimum Gasteiger partial charge on any atom is -0.465 e. The summed E-state index contributed by atoms with van der Waals surface area (Å²) in [5.41, 5.74) is -0.662. The molecule has 26 heavy (non-hydrogen) atoms. The zero-order valence-corrected chi connectivity index (χ0v) is 14.8. The Labute approximate surface area is 151 Å². The van der Waals surface area contributed by atoms with Crippen molar-refractivity contribution in [2.24, 2.45) is 0 Å². The Hall–Kier alpha value is -2.22. The lowest BCUT2D eigenvalue weighted by atomic mass is 10.1. The molecule has 3 rings (SSSR count). The number of ether oxygens (including phenoxy) is 1. The van der Waals surface area contributed by atoms with Gasteiger partial charge in [0.2, 0.25) is 0 Å². The van der Waals surface area contributed by atoms with E-state index in [0.29, 0.717) is 25.2 Å². The molecule has 142 valence electrons. The Morgan fingerprint density at radius 1 is 1.08 bits per heavy atom. The molecule has 1 saturated heterocycles. The van der Waals surface area contributed by atoms with Crippen LogP contribution in [-0.2, 0) is 4.74 Å². The van der Waals surface area contributed by atoms with Gasteiger partial charge in [0.1, 0.15) is 11.6 Å². The van der Waals surface area contributed by atoms with Crippen LogP contribution in [0.3, 0.4) is 0 Å². The number of halogens is 2. The molecule has 1 saturated carbocycles. The number of hydrogen-bond donors (Lipinski definition) is 1. The summed E-state index contributed by atoms with van der Waals surface area (Å²) in [6, 6.07) is 1.68. The fourth-order valence-corrected chi connectivity index (χ4v) is 3.66. The maximum atomic E-state index is 14.0. The first-order chi connectivity index (χ1) is 12.5. The normalized spacial score (nSPS) is 18.8. The maximum absolute atomic E-state index is 14.0. The van der Waals surface area contributed by atoms with Crippen molar-refractivity contribution in [2.75, 3.05) is 38.6 Å². The summed E-state index contributed by atoms with van der Waals surface area (Å²) in [4.78, 5) is 27.9. The standard InChI is InChI=1S/C18H23F2N3O3/c1-26-17(24)13-10-16(15(20)11-14(13)19)21-18(25)23-8-6-22(7-9-23)12-4-2-3-5-12/h10-12H,2-9H2,1H3,(H,21,25). The van der Waals surface area contributed by atoms with Gasteiger partial charge >= 0.3 is 12.0 Å². The van der Waals surface area contributed by atoms with Gasteiger partial charge in [0.05, 0.1) is 18.4 Å². The molecule has 0 bridgehead atoms. The molecular formula is C18H23F2N3O3. The molecule has 1 aromatic rings. The first-order valence-electron chi connectivity index (χ1n) is 8.87. The van der Waals surface area contributed by atoms with E-state index in [4.69, 9.17) is 0 Å². The number of anilines is 1. The fraction of sp³-hybridized carbons (Fsp3) is 0.556. The van der Waals surface area contributed by atoms with Crippen LogP contribution in [0.25, 0.3) is 0 Å². The van der Waals surface area contributed by atoms with Gasteiger partial charge in [0.15, 0.2) is 0 Å². The largest absolute Gasteiger partial charge is 0.465 e. The van der Waals surface area contributed by atoms with Gasteiger partial charge in [-0.2, -0.15) is 0 Å². The number of rotatable bonds is 3. The summed E-state index contributed by atoms with van der Waals surface area (Å²) in [6.07, 6.45) is 4.95. The van der Waals surface area contributed by atoms with E-state index in [2.05, 4.69) is 15.0 Å². The van der Waals surface area contributed by atoms with Crippen LogP contribution in [0, 0.1) is 11.6 Å². The van der Waals surface area contributed by atoms with Gasteiger partial charge < -0.3 is 15.0 Å². The van der Waals surface area contributed by atoms with E-state index in [1.807, 2.05) is 0 Å². The Kier molecular flexibility index (Phi) is 5.70. The molecule has 1 heterocycles. The third-order valence-electron chi connectivity index (χ3n) is 5.15. The van der Waals surface area contributed by atoms with Crippen molar-refractivity contribution in [1.29, 1.82) is 0 Å². The van der Waals surface area contributed by atoms with Gasteiger partial charge in [0, 0.05) is 38.3 Å². The third-order valence-corrected chi connectivity index (χ3v) is 5.15.